The van der Waals surface area contributed by atoms with Crippen LogP contribution in [0.3, 0.4) is 0 Å². The average Bonchev–Trinajstić information content (AvgIpc) is 2.17. The van der Waals surface area contributed by atoms with E-state index in [0.29, 0.717) is 18.1 Å². The topological polar surface area (TPSA) is 61.6 Å². The first-order valence-corrected chi connectivity index (χ1v) is 5.17. The third-order valence-electron chi connectivity index (χ3n) is 2.08. The number of hydrogen-bond acceptors (Lipinski definition) is 3. The van der Waals surface area contributed by atoms with Crippen molar-refractivity contribution in [3.05, 3.63) is 24.3 Å². The van der Waals surface area contributed by atoms with Crippen LogP contribution in [0.25, 0.3) is 0 Å². The van der Waals surface area contributed by atoms with Crippen LogP contribution in [0.2, 0.25) is 0 Å². The van der Waals surface area contributed by atoms with Gasteiger partial charge in [-0.25, -0.2) is 0 Å². The standard InChI is InChI=1S/C12H17NO3/c1-4-15-9-6-5-7-10(8-9)16-12(2,3)11(13)14/h5-8H,4H2,1-3H3,(H2,13,14). The SMILES string of the molecule is CCOc1cccc(OC(C)(C)C(N)=O)c1. The molecule has 0 fully saturated rings. The van der Waals surface area contributed by atoms with E-state index < -0.39 is 11.5 Å². The van der Waals surface area contributed by atoms with E-state index in [1.807, 2.05) is 13.0 Å². The van der Waals surface area contributed by atoms with Gasteiger partial charge in [-0.2, -0.15) is 0 Å². The summed E-state index contributed by atoms with van der Waals surface area (Å²) in [4.78, 5) is 11.1. The zero-order chi connectivity index (χ0) is 12.2. The fourth-order valence-electron chi connectivity index (χ4n) is 1.14. The highest BCUT2D eigenvalue weighted by Gasteiger charge is 2.27. The van der Waals surface area contributed by atoms with Crippen LogP contribution in [-0.2, 0) is 4.79 Å². The fourth-order valence-corrected chi connectivity index (χ4v) is 1.14. The van der Waals surface area contributed by atoms with E-state index in [1.165, 1.54) is 0 Å². The molecule has 0 bridgehead atoms. The Hall–Kier alpha value is -1.71. The molecule has 16 heavy (non-hydrogen) atoms. The number of primary amides is 1. The molecule has 0 aliphatic carbocycles. The Balaban J connectivity index is 2.81. The maximum Gasteiger partial charge on any atom is 0.261 e. The Kier molecular flexibility index (Phi) is 3.77. The molecule has 0 saturated heterocycles. The fraction of sp³-hybridized carbons (Fsp3) is 0.417. The van der Waals surface area contributed by atoms with Gasteiger partial charge in [0.25, 0.3) is 5.91 Å². The minimum Gasteiger partial charge on any atom is -0.494 e. The molecule has 1 aromatic carbocycles. The van der Waals surface area contributed by atoms with Crippen molar-refractivity contribution in [3.8, 4) is 11.5 Å². The third-order valence-corrected chi connectivity index (χ3v) is 2.08. The molecule has 1 aromatic rings. The van der Waals surface area contributed by atoms with E-state index in [0.717, 1.165) is 0 Å². The molecule has 0 aliphatic heterocycles. The highest BCUT2D eigenvalue weighted by atomic mass is 16.5. The molecule has 88 valence electrons. The van der Waals surface area contributed by atoms with Gasteiger partial charge in [-0.15, -0.1) is 0 Å². The van der Waals surface area contributed by atoms with Crippen molar-refractivity contribution in [2.45, 2.75) is 26.4 Å². The lowest BCUT2D eigenvalue weighted by molar-refractivity contribution is -0.130. The van der Waals surface area contributed by atoms with Crippen LogP contribution < -0.4 is 15.2 Å². The first-order valence-electron chi connectivity index (χ1n) is 5.17. The Bertz CT molecular complexity index is 374. The lowest BCUT2D eigenvalue weighted by Crippen LogP contribution is -2.43. The van der Waals surface area contributed by atoms with Gasteiger partial charge < -0.3 is 15.2 Å². The smallest absolute Gasteiger partial charge is 0.261 e. The molecule has 4 heteroatoms. The van der Waals surface area contributed by atoms with Crippen LogP contribution in [0.5, 0.6) is 11.5 Å². The second-order valence-corrected chi connectivity index (χ2v) is 3.88. The molecular weight excluding hydrogens is 206 g/mol. The van der Waals surface area contributed by atoms with Crippen molar-refractivity contribution in [1.82, 2.24) is 0 Å². The van der Waals surface area contributed by atoms with Crippen LogP contribution in [0.15, 0.2) is 24.3 Å². The van der Waals surface area contributed by atoms with Crippen molar-refractivity contribution < 1.29 is 14.3 Å². The van der Waals surface area contributed by atoms with Crippen LogP contribution in [0, 0.1) is 0 Å². The van der Waals surface area contributed by atoms with Gasteiger partial charge >= 0.3 is 0 Å². The first-order chi connectivity index (χ1) is 7.45. The Morgan fingerprint density at radius 3 is 2.56 bits per heavy atom. The van der Waals surface area contributed by atoms with Gasteiger partial charge in [-0.1, -0.05) is 6.07 Å². The maximum absolute atomic E-state index is 11.1. The summed E-state index contributed by atoms with van der Waals surface area (Å²) in [6, 6.07) is 7.12. The summed E-state index contributed by atoms with van der Waals surface area (Å²) >= 11 is 0. The average molecular weight is 223 g/mol. The quantitative estimate of drug-likeness (QED) is 0.826. The highest BCUT2D eigenvalue weighted by Crippen LogP contribution is 2.23. The number of rotatable bonds is 5. The molecular formula is C12H17NO3. The minimum absolute atomic E-state index is 0.505. The molecule has 1 amide bonds. The maximum atomic E-state index is 11.1. The number of amides is 1. The molecule has 0 radical (unpaired) electrons. The number of ether oxygens (including phenoxy) is 2. The number of hydrogen-bond donors (Lipinski definition) is 1. The van der Waals surface area contributed by atoms with E-state index in [-0.39, 0.29) is 0 Å². The van der Waals surface area contributed by atoms with Gasteiger partial charge in [0.05, 0.1) is 6.61 Å². The van der Waals surface area contributed by atoms with E-state index in [1.54, 1.807) is 32.0 Å². The lowest BCUT2D eigenvalue weighted by atomic mass is 10.1. The molecule has 2 N–H and O–H groups in total. The van der Waals surface area contributed by atoms with Crippen LogP contribution in [0.4, 0.5) is 0 Å². The second-order valence-electron chi connectivity index (χ2n) is 3.88. The number of carbonyl (C=O) groups excluding carboxylic acids is 1. The summed E-state index contributed by atoms with van der Waals surface area (Å²) in [6.07, 6.45) is 0. The predicted octanol–water partition coefficient (Wildman–Crippen LogP) is 1.73. The van der Waals surface area contributed by atoms with Gasteiger partial charge in [0, 0.05) is 6.07 Å². The van der Waals surface area contributed by atoms with Crippen LogP contribution in [-0.4, -0.2) is 18.1 Å². The van der Waals surface area contributed by atoms with E-state index in [2.05, 4.69) is 0 Å². The summed E-state index contributed by atoms with van der Waals surface area (Å²) in [6.45, 7) is 5.74. The summed E-state index contributed by atoms with van der Waals surface area (Å²) in [5.74, 6) is 0.768. The van der Waals surface area contributed by atoms with Gasteiger partial charge in [0.2, 0.25) is 0 Å². The number of benzene rings is 1. The van der Waals surface area contributed by atoms with Crippen molar-refractivity contribution in [1.29, 1.82) is 0 Å². The van der Waals surface area contributed by atoms with Gasteiger partial charge in [-0.3, -0.25) is 4.79 Å². The Morgan fingerprint density at radius 1 is 1.38 bits per heavy atom. The molecule has 0 saturated carbocycles. The van der Waals surface area contributed by atoms with Crippen molar-refractivity contribution in [2.24, 2.45) is 5.73 Å². The zero-order valence-electron chi connectivity index (χ0n) is 9.82. The first kappa shape index (κ1) is 12.4. The molecule has 0 heterocycles. The van der Waals surface area contributed by atoms with Crippen molar-refractivity contribution >= 4 is 5.91 Å². The largest absolute Gasteiger partial charge is 0.494 e. The highest BCUT2D eigenvalue weighted by molar-refractivity contribution is 5.82. The normalized spacial score (nSPS) is 10.9. The molecule has 0 aromatic heterocycles. The Morgan fingerprint density at radius 2 is 2.00 bits per heavy atom. The molecule has 0 unspecified atom stereocenters. The summed E-state index contributed by atoms with van der Waals surface area (Å²) in [5, 5.41) is 0. The molecule has 0 atom stereocenters. The van der Waals surface area contributed by atoms with Crippen molar-refractivity contribution in [3.63, 3.8) is 0 Å². The van der Waals surface area contributed by atoms with Gasteiger partial charge in [0.1, 0.15) is 11.5 Å². The minimum atomic E-state index is -1.02. The predicted molar refractivity (Wildman–Crippen MR) is 61.5 cm³/mol. The molecule has 0 aliphatic rings. The molecule has 1 rings (SSSR count). The Labute approximate surface area is 95.3 Å². The molecule has 0 spiro atoms. The van der Waals surface area contributed by atoms with Crippen LogP contribution in [0.1, 0.15) is 20.8 Å². The lowest BCUT2D eigenvalue weighted by Gasteiger charge is -2.22. The molecule has 4 nitrogen and oxygen atoms in total. The number of carbonyl (C=O) groups is 1. The number of nitrogens with two attached hydrogens (primary N) is 1. The summed E-state index contributed by atoms with van der Waals surface area (Å²) < 4.78 is 10.8. The second kappa shape index (κ2) is 4.88. The van der Waals surface area contributed by atoms with Gasteiger partial charge in [0.15, 0.2) is 5.60 Å². The monoisotopic (exact) mass is 223 g/mol. The summed E-state index contributed by atoms with van der Waals surface area (Å²) in [7, 11) is 0. The van der Waals surface area contributed by atoms with E-state index in [4.69, 9.17) is 15.2 Å². The van der Waals surface area contributed by atoms with E-state index >= 15 is 0 Å². The third kappa shape index (κ3) is 3.15. The van der Waals surface area contributed by atoms with Crippen molar-refractivity contribution in [2.75, 3.05) is 6.61 Å². The summed E-state index contributed by atoms with van der Waals surface area (Å²) in [5.41, 5.74) is 4.20. The zero-order valence-corrected chi connectivity index (χ0v) is 9.82. The van der Waals surface area contributed by atoms with E-state index in [9.17, 15) is 4.79 Å². The van der Waals surface area contributed by atoms with Gasteiger partial charge in [-0.05, 0) is 32.9 Å². The van der Waals surface area contributed by atoms with Crippen LogP contribution >= 0.6 is 0 Å².